The zero-order valence-electron chi connectivity index (χ0n) is 30.5. The smallest absolute Gasteiger partial charge is 0.242 e. The summed E-state index contributed by atoms with van der Waals surface area (Å²) >= 11 is 0. The van der Waals surface area contributed by atoms with E-state index in [-0.39, 0.29) is 48.7 Å². The van der Waals surface area contributed by atoms with Crippen LogP contribution in [0.4, 0.5) is 0 Å². The number of methoxy groups -OCH3 is 2. The summed E-state index contributed by atoms with van der Waals surface area (Å²) in [5.41, 5.74) is 5.44. The van der Waals surface area contributed by atoms with Crippen molar-refractivity contribution < 1.29 is 33.8 Å². The first kappa shape index (κ1) is 41.1. The van der Waals surface area contributed by atoms with Gasteiger partial charge in [-0.25, -0.2) is 0 Å². The fraction of sp³-hybridized carbons (Fsp3) is 0.722. The van der Waals surface area contributed by atoms with Crippen molar-refractivity contribution in [3.8, 4) is 0 Å². The summed E-state index contributed by atoms with van der Waals surface area (Å²) in [6.45, 7) is 11.2. The highest BCUT2D eigenvalue weighted by Gasteiger charge is 2.45. The van der Waals surface area contributed by atoms with Gasteiger partial charge < -0.3 is 40.7 Å². The van der Waals surface area contributed by atoms with Crippen molar-refractivity contribution in [2.75, 3.05) is 34.4 Å². The number of likely N-dealkylation sites (tertiary alicyclic amines) is 1. The Morgan fingerprint density at radius 1 is 1.06 bits per heavy atom. The van der Waals surface area contributed by atoms with Crippen LogP contribution in [0.2, 0.25) is 0 Å². The van der Waals surface area contributed by atoms with Crippen LogP contribution in [-0.2, 0) is 28.7 Å². The number of carbonyl (C=O) groups is 4. The van der Waals surface area contributed by atoms with Crippen LogP contribution in [0.5, 0.6) is 0 Å². The van der Waals surface area contributed by atoms with Crippen LogP contribution in [0.3, 0.4) is 0 Å². The summed E-state index contributed by atoms with van der Waals surface area (Å²) < 4.78 is 11.7. The number of benzene rings is 1. The van der Waals surface area contributed by atoms with Crippen molar-refractivity contribution in [2.45, 2.75) is 122 Å². The van der Waals surface area contributed by atoms with E-state index in [4.69, 9.17) is 15.2 Å². The van der Waals surface area contributed by atoms with Gasteiger partial charge >= 0.3 is 0 Å². The predicted molar refractivity (Wildman–Crippen MR) is 186 cm³/mol. The van der Waals surface area contributed by atoms with Crippen LogP contribution >= 0.6 is 0 Å². The Hall–Kier alpha value is -3.06. The highest BCUT2D eigenvalue weighted by molar-refractivity contribution is 5.89. The van der Waals surface area contributed by atoms with Crippen LogP contribution in [-0.4, -0.2) is 109 Å². The van der Waals surface area contributed by atoms with E-state index in [1.54, 1.807) is 58.8 Å². The van der Waals surface area contributed by atoms with Crippen LogP contribution in [0.1, 0.15) is 91.7 Å². The third-order valence-electron chi connectivity index (χ3n) is 9.15. The molecule has 0 aromatic heterocycles. The van der Waals surface area contributed by atoms with Gasteiger partial charge in [0.2, 0.25) is 23.6 Å². The molecule has 1 saturated carbocycles. The maximum absolute atomic E-state index is 13.8. The van der Waals surface area contributed by atoms with E-state index in [1.165, 1.54) is 6.42 Å². The molecule has 1 aromatic rings. The van der Waals surface area contributed by atoms with Crippen LogP contribution in [0.25, 0.3) is 0 Å². The lowest BCUT2D eigenvalue weighted by atomic mass is 9.93. The highest BCUT2D eigenvalue weighted by atomic mass is 16.5. The molecule has 2 aliphatic rings. The molecule has 12 heteroatoms. The molecule has 1 aliphatic carbocycles. The topological polar surface area (TPSA) is 164 Å². The Balaban J connectivity index is 0.00000257. The number of aliphatic hydroxyl groups excluding tert-OH is 1. The molecule has 48 heavy (non-hydrogen) atoms. The van der Waals surface area contributed by atoms with Gasteiger partial charge in [0.1, 0.15) is 0 Å². The minimum atomic E-state index is -1.11. The van der Waals surface area contributed by atoms with Crippen molar-refractivity contribution in [3.05, 3.63) is 35.9 Å². The van der Waals surface area contributed by atoms with Gasteiger partial charge in [0, 0.05) is 27.8 Å². The molecule has 7 unspecified atom stereocenters. The summed E-state index contributed by atoms with van der Waals surface area (Å²) in [6.07, 6.45) is 2.62. The van der Waals surface area contributed by atoms with Crippen molar-refractivity contribution in [2.24, 2.45) is 17.6 Å². The number of ether oxygens (including phenoxy) is 2. The van der Waals surface area contributed by atoms with Gasteiger partial charge in [0.05, 0.1) is 60.9 Å². The Bertz CT molecular complexity index is 1170. The standard InChI is InChI=1S/C33H53N5O7.C3H8/c1-20(31(42)36-21(2)29(41)23-12-9-8-10-13-23)30(45-7)24-14-11-17-38(24)26(39)18-25(44-6)28(22-15-16-22)37(5)27(40)19-35-32(43)33(3,4)34;1-3-2/h8-10,12-13,20-22,24-25,28-30,41H,11,14-19,34H2,1-7H3,(H,35,43)(H,36,42);3H2,1-2H3. The van der Waals surface area contributed by atoms with Gasteiger partial charge in [-0.2, -0.15) is 0 Å². The van der Waals surface area contributed by atoms with Gasteiger partial charge in [-0.05, 0) is 57.9 Å². The number of nitrogens with two attached hydrogens (primary N) is 1. The van der Waals surface area contributed by atoms with Crippen LogP contribution in [0.15, 0.2) is 30.3 Å². The first-order chi connectivity index (χ1) is 22.6. The van der Waals surface area contributed by atoms with Crippen molar-refractivity contribution >= 4 is 23.6 Å². The lowest BCUT2D eigenvalue weighted by Crippen LogP contribution is -2.55. The van der Waals surface area contributed by atoms with Gasteiger partial charge in [-0.1, -0.05) is 57.5 Å². The van der Waals surface area contributed by atoms with Crippen molar-refractivity contribution in [3.63, 3.8) is 0 Å². The molecule has 1 heterocycles. The fourth-order valence-electron chi connectivity index (χ4n) is 6.28. The van der Waals surface area contributed by atoms with E-state index in [2.05, 4.69) is 24.5 Å². The zero-order valence-corrected chi connectivity index (χ0v) is 30.5. The Labute approximate surface area is 287 Å². The largest absolute Gasteiger partial charge is 0.386 e. The number of hydrogen-bond donors (Lipinski definition) is 4. The average molecular weight is 676 g/mol. The Morgan fingerprint density at radius 2 is 1.67 bits per heavy atom. The Kier molecular flexibility index (Phi) is 16.5. The molecule has 0 radical (unpaired) electrons. The molecule has 1 aliphatic heterocycles. The second-order valence-corrected chi connectivity index (χ2v) is 13.9. The average Bonchev–Trinajstić information content (AvgIpc) is 3.77. The predicted octanol–water partition coefficient (Wildman–Crippen LogP) is 2.78. The van der Waals surface area contributed by atoms with E-state index >= 15 is 0 Å². The third kappa shape index (κ3) is 11.5. The van der Waals surface area contributed by atoms with E-state index in [0.717, 1.165) is 19.3 Å². The number of likely N-dealkylation sites (N-methyl/N-ethyl adjacent to an activating group) is 1. The molecule has 5 N–H and O–H groups in total. The molecular formula is C36H61N5O7. The normalized spacial score (nSPS) is 19.9. The van der Waals surface area contributed by atoms with E-state index in [0.29, 0.717) is 18.5 Å². The van der Waals surface area contributed by atoms with Gasteiger partial charge in [0.25, 0.3) is 0 Å². The molecule has 3 rings (SSSR count). The molecule has 1 saturated heterocycles. The minimum absolute atomic E-state index is 0.0608. The SMILES string of the molecule is CCC.COC(CC(=O)N1CCCC1C(OC)C(C)C(=O)NC(C)C(O)c1ccccc1)C(C1CC1)N(C)C(=O)CNC(=O)C(C)(C)N. The number of aliphatic hydroxyl groups is 1. The van der Waals surface area contributed by atoms with Crippen LogP contribution < -0.4 is 16.4 Å². The summed E-state index contributed by atoms with van der Waals surface area (Å²) in [5.74, 6) is -1.51. The maximum Gasteiger partial charge on any atom is 0.242 e. The fourth-order valence-corrected chi connectivity index (χ4v) is 6.28. The second kappa shape index (κ2) is 19.2. The molecule has 7 atom stereocenters. The molecule has 12 nitrogen and oxygen atoms in total. The molecular weight excluding hydrogens is 614 g/mol. The quantitative estimate of drug-likeness (QED) is 0.208. The number of nitrogens with one attached hydrogen (secondary N) is 2. The molecule has 0 bridgehead atoms. The monoisotopic (exact) mass is 675 g/mol. The van der Waals surface area contributed by atoms with E-state index in [9.17, 15) is 24.3 Å². The minimum Gasteiger partial charge on any atom is -0.386 e. The third-order valence-corrected chi connectivity index (χ3v) is 9.15. The second-order valence-electron chi connectivity index (χ2n) is 13.9. The summed E-state index contributed by atoms with van der Waals surface area (Å²) in [6, 6.07) is 7.98. The Morgan fingerprint density at radius 3 is 2.19 bits per heavy atom. The first-order valence-electron chi connectivity index (χ1n) is 17.3. The van der Waals surface area contributed by atoms with Crippen molar-refractivity contribution in [1.82, 2.24) is 20.4 Å². The number of hydrogen-bond acceptors (Lipinski definition) is 8. The molecule has 1 aromatic carbocycles. The number of rotatable bonds is 16. The molecule has 272 valence electrons. The van der Waals surface area contributed by atoms with Gasteiger partial charge in [-0.3, -0.25) is 19.2 Å². The number of amides is 4. The molecule has 0 spiro atoms. The molecule has 4 amide bonds. The highest BCUT2D eigenvalue weighted by Crippen LogP contribution is 2.38. The van der Waals surface area contributed by atoms with Gasteiger partial charge in [-0.15, -0.1) is 0 Å². The first-order valence-corrected chi connectivity index (χ1v) is 17.3. The van der Waals surface area contributed by atoms with Crippen molar-refractivity contribution in [1.29, 1.82) is 0 Å². The van der Waals surface area contributed by atoms with Crippen LogP contribution in [0, 0.1) is 11.8 Å². The zero-order chi connectivity index (χ0) is 36.2. The molecule has 2 fully saturated rings. The maximum atomic E-state index is 13.8. The summed E-state index contributed by atoms with van der Waals surface area (Å²) in [7, 11) is 4.77. The van der Waals surface area contributed by atoms with E-state index in [1.807, 2.05) is 30.3 Å². The van der Waals surface area contributed by atoms with E-state index < -0.39 is 41.7 Å². The number of nitrogens with zero attached hydrogens (tertiary/aromatic N) is 2. The van der Waals surface area contributed by atoms with Gasteiger partial charge in [0.15, 0.2) is 0 Å². The lowest BCUT2D eigenvalue weighted by Gasteiger charge is -2.37. The summed E-state index contributed by atoms with van der Waals surface area (Å²) in [4.78, 5) is 55.8. The lowest BCUT2D eigenvalue weighted by molar-refractivity contribution is -0.145. The number of carbonyl (C=O) groups excluding carboxylic acids is 4. The summed E-state index contributed by atoms with van der Waals surface area (Å²) in [5, 5.41) is 16.3.